The highest BCUT2D eigenvalue weighted by molar-refractivity contribution is 5.85. The van der Waals surface area contributed by atoms with Crippen LogP contribution in [0.5, 0.6) is 0 Å². The Morgan fingerprint density at radius 3 is 2.94 bits per heavy atom. The van der Waals surface area contributed by atoms with Crippen molar-refractivity contribution in [1.82, 2.24) is 15.5 Å². The van der Waals surface area contributed by atoms with Crippen molar-refractivity contribution < 1.29 is 8.94 Å². The summed E-state index contributed by atoms with van der Waals surface area (Å²) < 4.78 is 10.8. The third-order valence-corrected chi connectivity index (χ3v) is 3.05. The molecule has 1 N–H and O–H groups in total. The molecule has 18 heavy (non-hydrogen) atoms. The van der Waals surface area contributed by atoms with Crippen molar-refractivity contribution in [3.8, 4) is 11.6 Å². The minimum atomic E-state index is 0. The van der Waals surface area contributed by atoms with E-state index in [-0.39, 0.29) is 12.4 Å². The van der Waals surface area contributed by atoms with E-state index < -0.39 is 0 Å². The zero-order valence-corrected chi connectivity index (χ0v) is 11.0. The molecule has 0 amide bonds. The van der Waals surface area contributed by atoms with Gasteiger partial charge in [0.25, 0.3) is 0 Å². The number of halogens is 1. The Balaban J connectivity index is 0.00000120. The largest absolute Gasteiger partial charge is 0.458 e. The molecule has 2 aromatic heterocycles. The molecule has 3 rings (SSSR count). The molecule has 2 aromatic rings. The normalized spacial score (nSPS) is 19.5. The lowest BCUT2D eigenvalue weighted by Crippen LogP contribution is -2.28. The van der Waals surface area contributed by atoms with Crippen molar-refractivity contribution in [2.45, 2.75) is 25.7 Å². The fourth-order valence-corrected chi connectivity index (χ4v) is 2.12. The third-order valence-electron chi connectivity index (χ3n) is 3.05. The number of aromatic nitrogens is 2. The standard InChI is InChI=1S/C12H15N3O2.ClH/c1-8-4-5-10(16-8)11-14-12(17-15-11)9-3-2-6-13-7-9;/h4-5,9,13H,2-3,6-7H2,1H3;1H. The Bertz CT molecular complexity index is 503. The van der Waals surface area contributed by atoms with Gasteiger partial charge in [-0.05, 0) is 38.4 Å². The van der Waals surface area contributed by atoms with Crippen LogP contribution in [0.25, 0.3) is 11.6 Å². The molecule has 0 radical (unpaired) electrons. The monoisotopic (exact) mass is 269 g/mol. The van der Waals surface area contributed by atoms with Gasteiger partial charge in [-0.25, -0.2) is 0 Å². The van der Waals surface area contributed by atoms with E-state index in [1.807, 2.05) is 19.1 Å². The van der Waals surface area contributed by atoms with E-state index in [1.54, 1.807) is 0 Å². The van der Waals surface area contributed by atoms with Crippen LogP contribution in [0.2, 0.25) is 0 Å². The summed E-state index contributed by atoms with van der Waals surface area (Å²) in [4.78, 5) is 4.41. The minimum absolute atomic E-state index is 0. The molecule has 1 fully saturated rings. The van der Waals surface area contributed by atoms with E-state index in [1.165, 1.54) is 0 Å². The zero-order chi connectivity index (χ0) is 11.7. The molecule has 98 valence electrons. The Hall–Kier alpha value is -1.33. The van der Waals surface area contributed by atoms with Crippen molar-refractivity contribution in [2.75, 3.05) is 13.1 Å². The second kappa shape index (κ2) is 5.54. The first-order chi connectivity index (χ1) is 8.33. The number of rotatable bonds is 2. The van der Waals surface area contributed by atoms with Gasteiger partial charge in [0.2, 0.25) is 11.7 Å². The van der Waals surface area contributed by atoms with Crippen molar-refractivity contribution in [3.63, 3.8) is 0 Å². The number of aryl methyl sites for hydroxylation is 1. The van der Waals surface area contributed by atoms with Gasteiger partial charge >= 0.3 is 0 Å². The topological polar surface area (TPSA) is 64.1 Å². The van der Waals surface area contributed by atoms with Crippen molar-refractivity contribution >= 4 is 12.4 Å². The van der Waals surface area contributed by atoms with Crippen LogP contribution in [0.15, 0.2) is 21.1 Å². The third kappa shape index (κ3) is 2.57. The summed E-state index contributed by atoms with van der Waals surface area (Å²) in [6.07, 6.45) is 2.26. The Labute approximate surface area is 111 Å². The van der Waals surface area contributed by atoms with E-state index in [0.717, 1.165) is 31.7 Å². The number of hydrogen-bond donors (Lipinski definition) is 1. The van der Waals surface area contributed by atoms with Gasteiger partial charge in [-0.2, -0.15) is 4.98 Å². The van der Waals surface area contributed by atoms with Crippen molar-refractivity contribution in [3.05, 3.63) is 23.8 Å². The van der Waals surface area contributed by atoms with Gasteiger partial charge in [0.15, 0.2) is 5.76 Å². The maximum Gasteiger partial charge on any atom is 0.238 e. The highest BCUT2D eigenvalue weighted by Crippen LogP contribution is 2.25. The van der Waals surface area contributed by atoms with Crippen LogP contribution in [-0.2, 0) is 0 Å². The highest BCUT2D eigenvalue weighted by atomic mass is 35.5. The van der Waals surface area contributed by atoms with Gasteiger partial charge in [-0.15, -0.1) is 12.4 Å². The molecule has 0 saturated carbocycles. The number of furan rings is 1. The van der Waals surface area contributed by atoms with E-state index in [4.69, 9.17) is 8.94 Å². The van der Waals surface area contributed by atoms with E-state index in [0.29, 0.717) is 23.4 Å². The summed E-state index contributed by atoms with van der Waals surface area (Å²) in [6, 6.07) is 3.76. The maximum absolute atomic E-state index is 5.47. The quantitative estimate of drug-likeness (QED) is 0.908. The van der Waals surface area contributed by atoms with Crippen LogP contribution in [-0.4, -0.2) is 23.2 Å². The SMILES string of the molecule is Cc1ccc(-c2noc(C3CCCNC3)n2)o1.Cl. The summed E-state index contributed by atoms with van der Waals surface area (Å²) >= 11 is 0. The molecule has 5 nitrogen and oxygen atoms in total. The number of piperidine rings is 1. The van der Waals surface area contributed by atoms with Crippen LogP contribution in [0.4, 0.5) is 0 Å². The first kappa shape index (κ1) is 13.1. The summed E-state index contributed by atoms with van der Waals surface area (Å²) in [6.45, 7) is 3.89. The summed E-state index contributed by atoms with van der Waals surface area (Å²) in [7, 11) is 0. The Kier molecular flexibility index (Phi) is 4.04. The van der Waals surface area contributed by atoms with E-state index in [2.05, 4.69) is 15.5 Å². The smallest absolute Gasteiger partial charge is 0.238 e. The summed E-state index contributed by atoms with van der Waals surface area (Å²) in [5.41, 5.74) is 0. The number of hydrogen-bond acceptors (Lipinski definition) is 5. The average molecular weight is 270 g/mol. The van der Waals surface area contributed by atoms with Gasteiger partial charge in [-0.1, -0.05) is 5.16 Å². The summed E-state index contributed by atoms with van der Waals surface area (Å²) in [5.74, 6) is 3.10. The number of nitrogens with one attached hydrogen (secondary N) is 1. The zero-order valence-electron chi connectivity index (χ0n) is 10.2. The molecule has 6 heteroatoms. The van der Waals surface area contributed by atoms with Gasteiger partial charge in [0, 0.05) is 6.54 Å². The predicted octanol–water partition coefficient (Wildman–Crippen LogP) is 2.53. The second-order valence-electron chi connectivity index (χ2n) is 4.41. The first-order valence-corrected chi connectivity index (χ1v) is 5.94. The van der Waals surface area contributed by atoms with E-state index >= 15 is 0 Å². The Morgan fingerprint density at radius 2 is 2.28 bits per heavy atom. The van der Waals surface area contributed by atoms with Crippen LogP contribution >= 0.6 is 12.4 Å². The van der Waals surface area contributed by atoms with Gasteiger partial charge < -0.3 is 14.3 Å². The van der Waals surface area contributed by atoms with E-state index in [9.17, 15) is 0 Å². The molecule has 1 atom stereocenters. The number of nitrogens with zero attached hydrogens (tertiary/aromatic N) is 2. The molecule has 1 unspecified atom stereocenters. The molecule has 0 aromatic carbocycles. The first-order valence-electron chi connectivity index (χ1n) is 5.94. The fraction of sp³-hybridized carbons (Fsp3) is 0.500. The molecular weight excluding hydrogens is 254 g/mol. The molecule has 3 heterocycles. The summed E-state index contributed by atoms with van der Waals surface area (Å²) in [5, 5.41) is 7.30. The lowest BCUT2D eigenvalue weighted by atomic mass is 10.00. The lowest BCUT2D eigenvalue weighted by molar-refractivity contribution is 0.322. The minimum Gasteiger partial charge on any atom is -0.458 e. The van der Waals surface area contributed by atoms with Crippen molar-refractivity contribution in [2.24, 2.45) is 0 Å². The van der Waals surface area contributed by atoms with Crippen LogP contribution in [0, 0.1) is 6.92 Å². The predicted molar refractivity (Wildman–Crippen MR) is 68.8 cm³/mol. The van der Waals surface area contributed by atoms with Crippen LogP contribution in [0.1, 0.15) is 30.4 Å². The van der Waals surface area contributed by atoms with Crippen molar-refractivity contribution in [1.29, 1.82) is 0 Å². The van der Waals surface area contributed by atoms with Gasteiger partial charge in [0.1, 0.15) is 5.76 Å². The highest BCUT2D eigenvalue weighted by Gasteiger charge is 2.22. The lowest BCUT2D eigenvalue weighted by Gasteiger charge is -2.18. The molecule has 1 aliphatic heterocycles. The van der Waals surface area contributed by atoms with Gasteiger partial charge in [0.05, 0.1) is 5.92 Å². The van der Waals surface area contributed by atoms with Crippen LogP contribution < -0.4 is 5.32 Å². The fourth-order valence-electron chi connectivity index (χ4n) is 2.12. The molecule has 1 aliphatic rings. The molecular formula is C12H16ClN3O2. The second-order valence-corrected chi connectivity index (χ2v) is 4.41. The molecule has 1 saturated heterocycles. The Morgan fingerprint density at radius 1 is 1.39 bits per heavy atom. The molecule has 0 aliphatic carbocycles. The molecule has 0 spiro atoms. The van der Waals surface area contributed by atoms with Crippen LogP contribution in [0.3, 0.4) is 0 Å². The average Bonchev–Trinajstić information content (AvgIpc) is 2.98. The molecule has 0 bridgehead atoms. The van der Waals surface area contributed by atoms with Gasteiger partial charge in [-0.3, -0.25) is 0 Å². The maximum atomic E-state index is 5.47.